The molecule has 1 amide bonds. The van der Waals surface area contributed by atoms with Gasteiger partial charge in [0.15, 0.2) is 11.5 Å². The van der Waals surface area contributed by atoms with Crippen LogP contribution in [0.3, 0.4) is 0 Å². The zero-order chi connectivity index (χ0) is 14.8. The van der Waals surface area contributed by atoms with Crippen LogP contribution in [0.2, 0.25) is 0 Å². The van der Waals surface area contributed by atoms with Crippen molar-refractivity contribution >= 4 is 17.3 Å². The first-order valence-electron chi connectivity index (χ1n) is 6.39. The number of amides is 1. The van der Waals surface area contributed by atoms with Crippen molar-refractivity contribution in [2.24, 2.45) is 0 Å². The maximum absolute atomic E-state index is 13.7. The van der Waals surface area contributed by atoms with Gasteiger partial charge in [-0.3, -0.25) is 4.79 Å². The van der Waals surface area contributed by atoms with Gasteiger partial charge in [-0.15, -0.1) is 0 Å². The van der Waals surface area contributed by atoms with Crippen LogP contribution in [-0.2, 0) is 0 Å². The number of ether oxygens (including phenoxy) is 2. The SMILES string of the molecule is Nc1ccc(C(=O)Nc2ccc3c(c2)OCCO3)c(F)c1. The van der Waals surface area contributed by atoms with E-state index in [9.17, 15) is 9.18 Å². The Hall–Kier alpha value is -2.76. The fraction of sp³-hybridized carbons (Fsp3) is 0.133. The van der Waals surface area contributed by atoms with Crippen LogP contribution < -0.4 is 20.5 Å². The number of halogens is 1. The first kappa shape index (κ1) is 13.2. The second-order valence-electron chi connectivity index (χ2n) is 4.55. The van der Waals surface area contributed by atoms with Gasteiger partial charge in [0.05, 0.1) is 5.56 Å². The molecule has 0 fully saturated rings. The Labute approximate surface area is 120 Å². The van der Waals surface area contributed by atoms with Crippen molar-refractivity contribution in [1.29, 1.82) is 0 Å². The maximum atomic E-state index is 13.7. The summed E-state index contributed by atoms with van der Waals surface area (Å²) < 4.78 is 24.5. The number of nitrogens with one attached hydrogen (secondary N) is 1. The molecule has 0 aliphatic carbocycles. The largest absolute Gasteiger partial charge is 0.486 e. The fourth-order valence-electron chi connectivity index (χ4n) is 2.04. The van der Waals surface area contributed by atoms with Crippen LogP contribution in [-0.4, -0.2) is 19.1 Å². The van der Waals surface area contributed by atoms with Gasteiger partial charge >= 0.3 is 0 Å². The second-order valence-corrected chi connectivity index (χ2v) is 4.55. The van der Waals surface area contributed by atoms with E-state index < -0.39 is 11.7 Å². The molecule has 0 saturated carbocycles. The number of carbonyl (C=O) groups is 1. The van der Waals surface area contributed by atoms with E-state index >= 15 is 0 Å². The predicted molar refractivity (Wildman–Crippen MR) is 76.2 cm³/mol. The molecule has 0 saturated heterocycles. The Morgan fingerprint density at radius 2 is 1.86 bits per heavy atom. The highest BCUT2D eigenvalue weighted by Gasteiger charge is 2.15. The molecule has 0 spiro atoms. The number of hydrogen-bond acceptors (Lipinski definition) is 4. The molecule has 1 aliphatic heterocycles. The van der Waals surface area contributed by atoms with E-state index in [1.54, 1.807) is 18.2 Å². The summed E-state index contributed by atoms with van der Waals surface area (Å²) in [5.74, 6) is -0.0380. The summed E-state index contributed by atoms with van der Waals surface area (Å²) in [5.41, 5.74) is 6.15. The average Bonchev–Trinajstić information content (AvgIpc) is 2.47. The topological polar surface area (TPSA) is 73.6 Å². The third-order valence-corrected chi connectivity index (χ3v) is 3.04. The molecule has 6 heteroatoms. The van der Waals surface area contributed by atoms with Gasteiger partial charge in [0.1, 0.15) is 19.0 Å². The lowest BCUT2D eigenvalue weighted by Gasteiger charge is -2.19. The minimum absolute atomic E-state index is 0.0703. The van der Waals surface area contributed by atoms with E-state index in [0.29, 0.717) is 30.4 Å². The van der Waals surface area contributed by atoms with Crippen LogP contribution in [0.1, 0.15) is 10.4 Å². The van der Waals surface area contributed by atoms with Gasteiger partial charge in [0.2, 0.25) is 0 Å². The van der Waals surface area contributed by atoms with Crippen molar-refractivity contribution in [1.82, 2.24) is 0 Å². The Balaban J connectivity index is 1.81. The average molecular weight is 288 g/mol. The zero-order valence-electron chi connectivity index (χ0n) is 11.1. The number of benzene rings is 2. The molecule has 5 nitrogen and oxygen atoms in total. The molecular weight excluding hydrogens is 275 g/mol. The summed E-state index contributed by atoms with van der Waals surface area (Å²) in [6.07, 6.45) is 0. The maximum Gasteiger partial charge on any atom is 0.258 e. The molecule has 0 radical (unpaired) electrons. The standard InChI is InChI=1S/C15H13FN2O3/c16-12-7-9(17)1-3-11(12)15(19)18-10-2-4-13-14(8-10)21-6-5-20-13/h1-4,7-8H,5-6,17H2,(H,18,19). The van der Waals surface area contributed by atoms with Crippen LogP contribution in [0.15, 0.2) is 36.4 Å². The van der Waals surface area contributed by atoms with Gasteiger partial charge in [-0.2, -0.15) is 0 Å². The third kappa shape index (κ3) is 2.74. The van der Waals surface area contributed by atoms with E-state index in [-0.39, 0.29) is 11.3 Å². The van der Waals surface area contributed by atoms with Gasteiger partial charge in [-0.1, -0.05) is 0 Å². The summed E-state index contributed by atoms with van der Waals surface area (Å²) in [4.78, 5) is 12.1. The summed E-state index contributed by atoms with van der Waals surface area (Å²) in [6.45, 7) is 0.951. The zero-order valence-corrected chi connectivity index (χ0v) is 11.1. The number of hydrogen-bond donors (Lipinski definition) is 2. The van der Waals surface area contributed by atoms with E-state index in [0.717, 1.165) is 6.07 Å². The Morgan fingerprint density at radius 3 is 2.62 bits per heavy atom. The first-order chi connectivity index (χ1) is 10.1. The lowest BCUT2D eigenvalue weighted by atomic mass is 10.1. The minimum atomic E-state index is -0.662. The Morgan fingerprint density at radius 1 is 1.10 bits per heavy atom. The van der Waals surface area contributed by atoms with Crippen LogP contribution in [0.5, 0.6) is 11.5 Å². The van der Waals surface area contributed by atoms with Gasteiger partial charge in [-0.25, -0.2) is 4.39 Å². The van der Waals surface area contributed by atoms with Crippen LogP contribution in [0.25, 0.3) is 0 Å². The molecular formula is C15H13FN2O3. The molecule has 2 aromatic carbocycles. The molecule has 1 aliphatic rings. The predicted octanol–water partition coefficient (Wildman–Crippen LogP) is 2.43. The molecule has 0 unspecified atom stereocenters. The molecule has 0 aromatic heterocycles. The van der Waals surface area contributed by atoms with Gasteiger partial charge in [0, 0.05) is 17.4 Å². The van der Waals surface area contributed by atoms with E-state index in [1.165, 1.54) is 12.1 Å². The first-order valence-corrected chi connectivity index (χ1v) is 6.39. The van der Waals surface area contributed by atoms with Crippen molar-refractivity contribution in [2.75, 3.05) is 24.3 Å². The molecule has 108 valence electrons. The highest BCUT2D eigenvalue weighted by atomic mass is 19.1. The summed E-state index contributed by atoms with van der Waals surface area (Å²) in [6, 6.07) is 8.93. The Bertz CT molecular complexity index is 703. The van der Waals surface area contributed by atoms with Crippen molar-refractivity contribution in [2.45, 2.75) is 0 Å². The highest BCUT2D eigenvalue weighted by molar-refractivity contribution is 6.04. The number of fused-ring (bicyclic) bond motifs is 1. The fourth-order valence-corrected chi connectivity index (χ4v) is 2.04. The molecule has 2 aromatic rings. The van der Waals surface area contributed by atoms with E-state index in [4.69, 9.17) is 15.2 Å². The molecule has 3 N–H and O–H groups in total. The van der Waals surface area contributed by atoms with Crippen LogP contribution in [0, 0.1) is 5.82 Å². The summed E-state index contributed by atoms with van der Waals surface area (Å²) in [7, 11) is 0. The number of nitrogen functional groups attached to an aromatic ring is 1. The van der Waals surface area contributed by atoms with Gasteiger partial charge in [0.25, 0.3) is 5.91 Å². The number of rotatable bonds is 2. The number of anilines is 2. The minimum Gasteiger partial charge on any atom is -0.486 e. The van der Waals surface area contributed by atoms with Crippen LogP contribution >= 0.6 is 0 Å². The monoisotopic (exact) mass is 288 g/mol. The quantitative estimate of drug-likeness (QED) is 0.832. The second kappa shape index (κ2) is 5.32. The van der Waals surface area contributed by atoms with Crippen molar-refractivity contribution < 1.29 is 18.7 Å². The number of carbonyl (C=O) groups excluding carboxylic acids is 1. The van der Waals surface area contributed by atoms with E-state index in [2.05, 4.69) is 5.32 Å². The molecule has 21 heavy (non-hydrogen) atoms. The summed E-state index contributed by atoms with van der Waals surface area (Å²) in [5, 5.41) is 2.61. The van der Waals surface area contributed by atoms with Crippen molar-refractivity contribution in [3.63, 3.8) is 0 Å². The van der Waals surface area contributed by atoms with Gasteiger partial charge < -0.3 is 20.5 Å². The number of nitrogens with two attached hydrogens (primary N) is 1. The normalized spacial score (nSPS) is 12.8. The molecule has 3 rings (SSSR count). The third-order valence-electron chi connectivity index (χ3n) is 3.04. The van der Waals surface area contributed by atoms with E-state index in [1.807, 2.05) is 0 Å². The lowest BCUT2D eigenvalue weighted by Crippen LogP contribution is -2.17. The molecule has 0 bridgehead atoms. The smallest absolute Gasteiger partial charge is 0.258 e. The highest BCUT2D eigenvalue weighted by Crippen LogP contribution is 2.32. The molecule has 1 heterocycles. The van der Waals surface area contributed by atoms with Gasteiger partial charge in [-0.05, 0) is 30.3 Å². The van der Waals surface area contributed by atoms with Crippen molar-refractivity contribution in [3.05, 3.63) is 47.8 Å². The lowest BCUT2D eigenvalue weighted by molar-refractivity contribution is 0.102. The van der Waals surface area contributed by atoms with Crippen molar-refractivity contribution in [3.8, 4) is 11.5 Å². The Kier molecular flexibility index (Phi) is 3.35. The molecule has 0 atom stereocenters. The van der Waals surface area contributed by atoms with Crippen LogP contribution in [0.4, 0.5) is 15.8 Å². The summed E-state index contributed by atoms with van der Waals surface area (Å²) >= 11 is 0.